The Kier molecular flexibility index (Phi) is 6.23. The fourth-order valence-corrected chi connectivity index (χ4v) is 2.89. The second-order valence-corrected chi connectivity index (χ2v) is 5.60. The maximum Gasteiger partial charge on any atom is 0.322 e. The standard InChI is InChI=1S/C17H23N3O2/c1-22-11-5-9-16-8-2-3-10-20(16)17(21)19-15-7-4-6-14(12-15)13-18/h4,6-7,12,16H,2-3,5,8-11H2,1H3,(H,19,21)/t16-/m0/s1. The number of carbonyl (C=O) groups is 1. The molecule has 0 saturated carbocycles. The number of rotatable bonds is 5. The summed E-state index contributed by atoms with van der Waals surface area (Å²) in [6.45, 7) is 1.53. The van der Waals surface area contributed by atoms with Crippen LogP contribution in [0.15, 0.2) is 24.3 Å². The molecule has 0 spiro atoms. The highest BCUT2D eigenvalue weighted by Crippen LogP contribution is 2.22. The van der Waals surface area contributed by atoms with Crippen LogP contribution in [0.4, 0.5) is 10.5 Å². The number of nitrogens with zero attached hydrogens (tertiary/aromatic N) is 2. The van der Waals surface area contributed by atoms with Crippen LogP contribution in [-0.4, -0.2) is 37.2 Å². The van der Waals surface area contributed by atoms with Crippen molar-refractivity contribution in [3.63, 3.8) is 0 Å². The number of anilines is 1. The number of piperidine rings is 1. The van der Waals surface area contributed by atoms with Crippen molar-refractivity contribution in [3.05, 3.63) is 29.8 Å². The van der Waals surface area contributed by atoms with Crippen LogP contribution in [-0.2, 0) is 4.74 Å². The minimum absolute atomic E-state index is 0.0720. The smallest absolute Gasteiger partial charge is 0.322 e. The van der Waals surface area contributed by atoms with E-state index in [-0.39, 0.29) is 12.1 Å². The molecule has 1 fully saturated rings. The molecule has 1 saturated heterocycles. The molecule has 0 bridgehead atoms. The molecule has 1 heterocycles. The molecule has 5 nitrogen and oxygen atoms in total. The molecule has 5 heteroatoms. The first-order chi connectivity index (χ1) is 10.7. The molecular formula is C17H23N3O2. The highest BCUT2D eigenvalue weighted by Gasteiger charge is 2.26. The normalized spacial score (nSPS) is 17.8. The van der Waals surface area contributed by atoms with Crippen LogP contribution in [0.25, 0.3) is 0 Å². The Bertz CT molecular complexity index is 539. The largest absolute Gasteiger partial charge is 0.385 e. The number of urea groups is 1. The third kappa shape index (κ3) is 4.47. The van der Waals surface area contributed by atoms with Crippen LogP contribution in [0.5, 0.6) is 0 Å². The number of hydrogen-bond acceptors (Lipinski definition) is 3. The minimum Gasteiger partial charge on any atom is -0.385 e. The molecule has 0 unspecified atom stereocenters. The summed E-state index contributed by atoms with van der Waals surface area (Å²) in [5.41, 5.74) is 1.22. The maximum absolute atomic E-state index is 12.5. The van der Waals surface area contributed by atoms with Gasteiger partial charge >= 0.3 is 6.03 Å². The first-order valence-corrected chi connectivity index (χ1v) is 7.81. The molecule has 118 valence electrons. The number of benzene rings is 1. The van der Waals surface area contributed by atoms with E-state index >= 15 is 0 Å². The maximum atomic E-state index is 12.5. The number of nitriles is 1. The van der Waals surface area contributed by atoms with E-state index in [4.69, 9.17) is 10.00 Å². The molecule has 1 aromatic rings. The topological polar surface area (TPSA) is 65.4 Å². The molecule has 1 aliphatic heterocycles. The van der Waals surface area contributed by atoms with Gasteiger partial charge < -0.3 is 15.0 Å². The van der Waals surface area contributed by atoms with E-state index in [9.17, 15) is 4.79 Å². The van der Waals surface area contributed by atoms with Crippen molar-refractivity contribution in [1.82, 2.24) is 4.90 Å². The van der Waals surface area contributed by atoms with Crippen molar-refractivity contribution in [3.8, 4) is 6.07 Å². The van der Waals surface area contributed by atoms with Gasteiger partial charge in [0.25, 0.3) is 0 Å². The summed E-state index contributed by atoms with van der Waals surface area (Å²) in [4.78, 5) is 14.4. The number of likely N-dealkylation sites (tertiary alicyclic amines) is 1. The second kappa shape index (κ2) is 8.40. The van der Waals surface area contributed by atoms with Crippen LogP contribution in [0.3, 0.4) is 0 Å². The third-order valence-electron chi connectivity index (χ3n) is 4.02. The van der Waals surface area contributed by atoms with Gasteiger partial charge in [-0.25, -0.2) is 4.79 Å². The lowest BCUT2D eigenvalue weighted by atomic mass is 9.98. The fraction of sp³-hybridized carbons (Fsp3) is 0.529. The molecule has 0 aliphatic carbocycles. The molecule has 1 N–H and O–H groups in total. The van der Waals surface area contributed by atoms with E-state index in [1.807, 2.05) is 11.0 Å². The SMILES string of the molecule is COCCC[C@@H]1CCCCN1C(=O)Nc1cccc(C#N)c1. The van der Waals surface area contributed by atoms with Crippen molar-refractivity contribution in [1.29, 1.82) is 5.26 Å². The number of hydrogen-bond donors (Lipinski definition) is 1. The summed E-state index contributed by atoms with van der Waals surface area (Å²) in [5, 5.41) is 11.8. The van der Waals surface area contributed by atoms with Gasteiger partial charge in [-0.05, 0) is 50.3 Å². The lowest BCUT2D eigenvalue weighted by Crippen LogP contribution is -2.46. The molecule has 0 radical (unpaired) electrons. The highest BCUT2D eigenvalue weighted by atomic mass is 16.5. The van der Waals surface area contributed by atoms with Gasteiger partial charge in [0.1, 0.15) is 0 Å². The van der Waals surface area contributed by atoms with Crippen LogP contribution in [0, 0.1) is 11.3 Å². The summed E-state index contributed by atoms with van der Waals surface area (Å²) < 4.78 is 5.10. The van der Waals surface area contributed by atoms with Crippen molar-refractivity contribution >= 4 is 11.7 Å². The van der Waals surface area contributed by atoms with E-state index in [0.717, 1.165) is 38.8 Å². The predicted molar refractivity (Wildman–Crippen MR) is 85.6 cm³/mol. The van der Waals surface area contributed by atoms with Gasteiger partial charge in [-0.15, -0.1) is 0 Å². The molecule has 2 rings (SSSR count). The Hall–Kier alpha value is -2.06. The molecule has 1 aliphatic rings. The summed E-state index contributed by atoms with van der Waals surface area (Å²) in [6.07, 6.45) is 5.21. The average Bonchev–Trinajstić information content (AvgIpc) is 2.55. The van der Waals surface area contributed by atoms with Crippen LogP contribution in [0.2, 0.25) is 0 Å². The lowest BCUT2D eigenvalue weighted by molar-refractivity contribution is 0.141. The number of nitrogens with one attached hydrogen (secondary N) is 1. The molecule has 1 atom stereocenters. The van der Waals surface area contributed by atoms with Gasteiger partial charge in [0.15, 0.2) is 0 Å². The zero-order valence-corrected chi connectivity index (χ0v) is 13.0. The quantitative estimate of drug-likeness (QED) is 0.848. The molecule has 0 aromatic heterocycles. The van der Waals surface area contributed by atoms with E-state index in [0.29, 0.717) is 11.3 Å². The zero-order valence-electron chi connectivity index (χ0n) is 13.0. The van der Waals surface area contributed by atoms with Gasteiger partial charge in [-0.2, -0.15) is 5.26 Å². The monoisotopic (exact) mass is 301 g/mol. The van der Waals surface area contributed by atoms with Gasteiger partial charge in [0, 0.05) is 32.0 Å². The summed E-state index contributed by atoms with van der Waals surface area (Å²) in [6, 6.07) is 9.30. The number of carbonyl (C=O) groups excluding carboxylic acids is 1. The Balaban J connectivity index is 1.97. The van der Waals surface area contributed by atoms with E-state index < -0.39 is 0 Å². The van der Waals surface area contributed by atoms with Crippen molar-refractivity contribution in [2.75, 3.05) is 25.6 Å². The van der Waals surface area contributed by atoms with Gasteiger partial charge in [0.05, 0.1) is 11.6 Å². The van der Waals surface area contributed by atoms with Crippen LogP contribution >= 0.6 is 0 Å². The van der Waals surface area contributed by atoms with Gasteiger partial charge in [-0.3, -0.25) is 0 Å². The number of ether oxygens (including phenoxy) is 1. The second-order valence-electron chi connectivity index (χ2n) is 5.60. The van der Waals surface area contributed by atoms with Crippen molar-refractivity contribution in [2.45, 2.75) is 38.1 Å². The Morgan fingerprint density at radius 1 is 1.50 bits per heavy atom. The Morgan fingerprint density at radius 3 is 3.14 bits per heavy atom. The summed E-state index contributed by atoms with van der Waals surface area (Å²) >= 11 is 0. The molecule has 2 amide bonds. The summed E-state index contributed by atoms with van der Waals surface area (Å²) in [7, 11) is 1.70. The first kappa shape index (κ1) is 16.3. The van der Waals surface area contributed by atoms with Crippen LogP contribution < -0.4 is 5.32 Å². The predicted octanol–water partition coefficient (Wildman–Crippen LogP) is 3.37. The molecule has 1 aromatic carbocycles. The lowest BCUT2D eigenvalue weighted by Gasteiger charge is -2.35. The summed E-state index contributed by atoms with van der Waals surface area (Å²) in [5.74, 6) is 0. The minimum atomic E-state index is -0.0720. The Morgan fingerprint density at radius 2 is 2.36 bits per heavy atom. The van der Waals surface area contributed by atoms with Crippen LogP contribution in [0.1, 0.15) is 37.7 Å². The van der Waals surface area contributed by atoms with Gasteiger partial charge in [-0.1, -0.05) is 6.07 Å². The molecule has 22 heavy (non-hydrogen) atoms. The van der Waals surface area contributed by atoms with E-state index in [1.165, 1.54) is 6.42 Å². The number of methoxy groups -OCH3 is 1. The average molecular weight is 301 g/mol. The third-order valence-corrected chi connectivity index (χ3v) is 4.02. The van der Waals surface area contributed by atoms with E-state index in [2.05, 4.69) is 11.4 Å². The zero-order chi connectivity index (χ0) is 15.8. The number of amides is 2. The fourth-order valence-electron chi connectivity index (χ4n) is 2.89. The first-order valence-electron chi connectivity index (χ1n) is 7.81. The van der Waals surface area contributed by atoms with Gasteiger partial charge in [0.2, 0.25) is 0 Å². The molecular weight excluding hydrogens is 278 g/mol. The highest BCUT2D eigenvalue weighted by molar-refractivity contribution is 5.89. The van der Waals surface area contributed by atoms with Crippen molar-refractivity contribution in [2.24, 2.45) is 0 Å². The van der Waals surface area contributed by atoms with Crippen molar-refractivity contribution < 1.29 is 9.53 Å². The van der Waals surface area contributed by atoms with E-state index in [1.54, 1.807) is 25.3 Å². The Labute approximate surface area is 131 Å².